The van der Waals surface area contributed by atoms with Gasteiger partial charge in [0.2, 0.25) is 0 Å². The molecule has 1 aliphatic rings. The van der Waals surface area contributed by atoms with E-state index >= 15 is 0 Å². The number of nitrogens with two attached hydrogens (primary N) is 1. The van der Waals surface area contributed by atoms with Crippen molar-refractivity contribution in [3.8, 4) is 0 Å². The van der Waals surface area contributed by atoms with E-state index in [0.29, 0.717) is 10.6 Å². The molecule has 0 radical (unpaired) electrons. The van der Waals surface area contributed by atoms with E-state index < -0.39 is 0 Å². The largest absolute Gasteiger partial charge is 0.384 e. The van der Waals surface area contributed by atoms with Crippen LogP contribution in [-0.2, 0) is 4.74 Å². The van der Waals surface area contributed by atoms with Gasteiger partial charge < -0.3 is 15.4 Å². The Morgan fingerprint density at radius 3 is 2.74 bits per heavy atom. The molecular formula is C14H20ClN3O. The fraction of sp³-hybridized carbons (Fsp3) is 0.500. The molecule has 4 nitrogen and oxygen atoms in total. The number of anilines is 1. The van der Waals surface area contributed by atoms with Crippen LogP contribution in [0.1, 0.15) is 26.3 Å². The summed E-state index contributed by atoms with van der Waals surface area (Å²) in [6.45, 7) is 7.81. The van der Waals surface area contributed by atoms with E-state index in [-0.39, 0.29) is 17.5 Å². The SMILES string of the molecule is CC1CN(c2ccc(C(=N)N)cc2Cl)CC(C)(C)O1. The second-order valence-electron chi connectivity index (χ2n) is 5.65. The van der Waals surface area contributed by atoms with Crippen LogP contribution in [0.5, 0.6) is 0 Å². The van der Waals surface area contributed by atoms with Crippen molar-refractivity contribution in [3.63, 3.8) is 0 Å². The zero-order chi connectivity index (χ0) is 14.2. The predicted octanol–water partition coefficient (Wildman–Crippen LogP) is 2.63. The van der Waals surface area contributed by atoms with Crippen LogP contribution in [0.25, 0.3) is 0 Å². The number of nitrogen functional groups attached to an aromatic ring is 1. The lowest BCUT2D eigenvalue weighted by Gasteiger charge is -2.43. The van der Waals surface area contributed by atoms with Crippen LogP contribution < -0.4 is 10.6 Å². The zero-order valence-corrected chi connectivity index (χ0v) is 12.3. The van der Waals surface area contributed by atoms with Crippen molar-refractivity contribution in [2.24, 2.45) is 5.73 Å². The highest BCUT2D eigenvalue weighted by molar-refractivity contribution is 6.33. The molecule has 1 aliphatic heterocycles. The number of halogens is 1. The van der Waals surface area contributed by atoms with Crippen LogP contribution in [0, 0.1) is 5.41 Å². The van der Waals surface area contributed by atoms with Gasteiger partial charge in [0.1, 0.15) is 5.84 Å². The Morgan fingerprint density at radius 2 is 2.21 bits per heavy atom. The van der Waals surface area contributed by atoms with E-state index in [4.69, 9.17) is 27.5 Å². The molecule has 0 spiro atoms. The van der Waals surface area contributed by atoms with Gasteiger partial charge in [-0.05, 0) is 39.0 Å². The third-order valence-corrected chi connectivity index (χ3v) is 3.47. The van der Waals surface area contributed by atoms with E-state index in [9.17, 15) is 0 Å². The monoisotopic (exact) mass is 281 g/mol. The number of nitrogens with zero attached hydrogens (tertiary/aromatic N) is 1. The van der Waals surface area contributed by atoms with E-state index in [0.717, 1.165) is 18.8 Å². The summed E-state index contributed by atoms with van der Waals surface area (Å²) in [4.78, 5) is 2.22. The predicted molar refractivity (Wildman–Crippen MR) is 79.3 cm³/mol. The average molecular weight is 282 g/mol. The minimum absolute atomic E-state index is 0.0316. The molecule has 2 rings (SSSR count). The summed E-state index contributed by atoms with van der Waals surface area (Å²) in [5.74, 6) is 0.0316. The lowest BCUT2D eigenvalue weighted by molar-refractivity contribution is -0.0749. The summed E-state index contributed by atoms with van der Waals surface area (Å²) in [7, 11) is 0. The lowest BCUT2D eigenvalue weighted by Crippen LogP contribution is -2.52. The molecule has 19 heavy (non-hydrogen) atoms. The van der Waals surface area contributed by atoms with Crippen LogP contribution in [0.3, 0.4) is 0 Å². The minimum Gasteiger partial charge on any atom is -0.384 e. The van der Waals surface area contributed by atoms with Gasteiger partial charge in [-0.1, -0.05) is 11.6 Å². The van der Waals surface area contributed by atoms with Gasteiger partial charge in [0.25, 0.3) is 0 Å². The van der Waals surface area contributed by atoms with Crippen molar-refractivity contribution in [2.75, 3.05) is 18.0 Å². The first-order chi connectivity index (χ1) is 8.78. The first-order valence-corrected chi connectivity index (χ1v) is 6.73. The number of hydrogen-bond donors (Lipinski definition) is 2. The minimum atomic E-state index is -0.194. The van der Waals surface area contributed by atoms with Crippen molar-refractivity contribution in [1.82, 2.24) is 0 Å². The third-order valence-electron chi connectivity index (χ3n) is 3.17. The summed E-state index contributed by atoms with van der Waals surface area (Å²) >= 11 is 6.31. The quantitative estimate of drug-likeness (QED) is 0.647. The van der Waals surface area contributed by atoms with E-state index in [1.54, 1.807) is 6.07 Å². The Hall–Kier alpha value is -1.26. The van der Waals surface area contributed by atoms with Gasteiger partial charge in [0.05, 0.1) is 22.4 Å². The topological polar surface area (TPSA) is 62.3 Å². The molecule has 1 heterocycles. The molecule has 1 aromatic carbocycles. The van der Waals surface area contributed by atoms with Gasteiger partial charge >= 0.3 is 0 Å². The van der Waals surface area contributed by atoms with Crippen LogP contribution in [0.4, 0.5) is 5.69 Å². The Morgan fingerprint density at radius 1 is 1.53 bits per heavy atom. The normalized spacial score (nSPS) is 22.3. The maximum atomic E-state index is 7.43. The Kier molecular flexibility index (Phi) is 3.74. The fourth-order valence-corrected chi connectivity index (χ4v) is 2.87. The molecule has 104 valence electrons. The van der Waals surface area contributed by atoms with Gasteiger partial charge in [0, 0.05) is 18.7 Å². The van der Waals surface area contributed by atoms with Crippen LogP contribution in [0.15, 0.2) is 18.2 Å². The molecular weight excluding hydrogens is 262 g/mol. The van der Waals surface area contributed by atoms with E-state index in [1.165, 1.54) is 0 Å². The number of morpholine rings is 1. The first kappa shape index (κ1) is 14.2. The number of benzene rings is 1. The van der Waals surface area contributed by atoms with Crippen molar-refractivity contribution in [1.29, 1.82) is 5.41 Å². The summed E-state index contributed by atoms with van der Waals surface area (Å²) in [6.07, 6.45) is 0.160. The Bertz CT molecular complexity index is 501. The highest BCUT2D eigenvalue weighted by Gasteiger charge is 2.32. The maximum Gasteiger partial charge on any atom is 0.122 e. The summed E-state index contributed by atoms with van der Waals surface area (Å²) < 4.78 is 5.89. The van der Waals surface area contributed by atoms with Crippen molar-refractivity contribution < 1.29 is 4.74 Å². The highest BCUT2D eigenvalue weighted by atomic mass is 35.5. The zero-order valence-electron chi connectivity index (χ0n) is 11.5. The van der Waals surface area contributed by atoms with Crippen molar-refractivity contribution in [3.05, 3.63) is 28.8 Å². The molecule has 0 amide bonds. The number of amidine groups is 1. The first-order valence-electron chi connectivity index (χ1n) is 6.35. The smallest absolute Gasteiger partial charge is 0.122 e. The average Bonchev–Trinajstić information content (AvgIpc) is 2.25. The molecule has 1 fully saturated rings. The highest BCUT2D eigenvalue weighted by Crippen LogP contribution is 2.31. The second kappa shape index (κ2) is 5.02. The summed E-state index contributed by atoms with van der Waals surface area (Å²) in [5, 5.41) is 8.05. The van der Waals surface area contributed by atoms with Crippen LogP contribution in [0.2, 0.25) is 5.02 Å². The molecule has 0 aromatic heterocycles. The molecule has 0 bridgehead atoms. The number of rotatable bonds is 2. The molecule has 1 saturated heterocycles. The Labute approximate surface area is 119 Å². The lowest BCUT2D eigenvalue weighted by atomic mass is 10.0. The summed E-state index contributed by atoms with van der Waals surface area (Å²) in [5.41, 5.74) is 6.89. The van der Waals surface area contributed by atoms with Gasteiger partial charge in [-0.25, -0.2) is 0 Å². The second-order valence-corrected chi connectivity index (χ2v) is 6.06. The fourth-order valence-electron chi connectivity index (χ4n) is 2.57. The van der Waals surface area contributed by atoms with Crippen molar-refractivity contribution in [2.45, 2.75) is 32.5 Å². The molecule has 0 aliphatic carbocycles. The van der Waals surface area contributed by atoms with Gasteiger partial charge in [-0.15, -0.1) is 0 Å². The van der Waals surface area contributed by atoms with Crippen molar-refractivity contribution >= 4 is 23.1 Å². The number of nitrogens with one attached hydrogen (secondary N) is 1. The summed E-state index contributed by atoms with van der Waals surface area (Å²) in [6, 6.07) is 5.50. The standard InChI is InChI=1S/C14H20ClN3O/c1-9-7-18(8-14(2,3)19-9)12-5-4-10(13(16)17)6-11(12)15/h4-6,9H,7-8H2,1-3H3,(H3,16,17). The van der Waals surface area contributed by atoms with Gasteiger partial charge in [0.15, 0.2) is 0 Å². The van der Waals surface area contributed by atoms with Gasteiger partial charge in [-0.3, -0.25) is 5.41 Å². The van der Waals surface area contributed by atoms with E-state index in [1.807, 2.05) is 12.1 Å². The number of ether oxygens (including phenoxy) is 1. The molecule has 0 saturated carbocycles. The van der Waals surface area contributed by atoms with Crippen LogP contribution >= 0.6 is 11.6 Å². The number of hydrogen-bond acceptors (Lipinski definition) is 3. The molecule has 1 atom stereocenters. The van der Waals surface area contributed by atoms with Crippen LogP contribution in [-0.4, -0.2) is 30.6 Å². The molecule has 5 heteroatoms. The Balaban J connectivity index is 2.29. The molecule has 1 unspecified atom stereocenters. The molecule has 1 aromatic rings. The van der Waals surface area contributed by atoms with Gasteiger partial charge in [-0.2, -0.15) is 0 Å². The molecule has 3 N–H and O–H groups in total. The van der Waals surface area contributed by atoms with E-state index in [2.05, 4.69) is 25.7 Å². The third kappa shape index (κ3) is 3.19. The maximum absolute atomic E-state index is 7.43.